The Bertz CT molecular complexity index is 1250. The van der Waals surface area contributed by atoms with Crippen molar-refractivity contribution in [3.05, 3.63) is 95.2 Å². The molecule has 9 heteroatoms. The molecule has 8 nitrogen and oxygen atoms in total. The number of rotatable bonds is 7. The molecule has 3 heterocycles. The zero-order valence-corrected chi connectivity index (χ0v) is 19.9. The van der Waals surface area contributed by atoms with Crippen LogP contribution in [0.15, 0.2) is 82.7 Å². The van der Waals surface area contributed by atoms with Crippen LogP contribution in [0.4, 0.5) is 0 Å². The van der Waals surface area contributed by atoms with Crippen molar-refractivity contribution in [1.82, 2.24) is 25.3 Å². The molecule has 0 radical (unpaired) electrons. The summed E-state index contributed by atoms with van der Waals surface area (Å²) in [7, 11) is 0. The van der Waals surface area contributed by atoms with Crippen LogP contribution in [0.5, 0.6) is 0 Å². The zero-order valence-electron chi connectivity index (χ0n) is 19.0. The van der Waals surface area contributed by atoms with Crippen molar-refractivity contribution in [2.24, 2.45) is 0 Å². The molecule has 1 aliphatic rings. The molecule has 1 unspecified atom stereocenters. The lowest BCUT2D eigenvalue weighted by atomic mass is 10.0. The Morgan fingerprint density at radius 3 is 2.34 bits per heavy atom. The Morgan fingerprint density at radius 1 is 0.943 bits per heavy atom. The highest BCUT2D eigenvalue weighted by molar-refractivity contribution is 7.13. The van der Waals surface area contributed by atoms with Crippen LogP contribution >= 0.6 is 11.3 Å². The van der Waals surface area contributed by atoms with Gasteiger partial charge < -0.3 is 14.7 Å². The van der Waals surface area contributed by atoms with Gasteiger partial charge in [0.25, 0.3) is 5.91 Å². The molecule has 1 saturated heterocycles. The number of nitrogens with one attached hydrogen (secondary N) is 1. The van der Waals surface area contributed by atoms with Crippen molar-refractivity contribution < 1.29 is 14.1 Å². The number of amides is 2. The minimum absolute atomic E-state index is 0.113. The lowest BCUT2D eigenvalue weighted by Crippen LogP contribution is -2.51. The summed E-state index contributed by atoms with van der Waals surface area (Å²) in [5.74, 6) is 0.774. The standard InChI is InChI=1S/C26H25N5O3S/c32-25(20-10-5-2-6-11-20)28-23(19-8-3-1-4-9-19)26(33)31-15-13-30(14-16-31)18-22-27-24(29-34-22)21-12-7-17-35-21/h1-12,17,23H,13-16,18H2,(H,28,32). The average molecular weight is 488 g/mol. The Kier molecular flexibility index (Phi) is 6.97. The first-order valence-electron chi connectivity index (χ1n) is 11.5. The van der Waals surface area contributed by atoms with E-state index in [0.717, 1.165) is 10.4 Å². The molecule has 0 saturated carbocycles. The summed E-state index contributed by atoms with van der Waals surface area (Å²) < 4.78 is 5.42. The number of piperazine rings is 1. The molecule has 0 spiro atoms. The van der Waals surface area contributed by atoms with Crippen LogP contribution < -0.4 is 5.32 Å². The van der Waals surface area contributed by atoms with Gasteiger partial charge in [-0.3, -0.25) is 14.5 Å². The summed E-state index contributed by atoms with van der Waals surface area (Å²) in [6.07, 6.45) is 0. The number of benzene rings is 2. The van der Waals surface area contributed by atoms with Gasteiger partial charge in [-0.05, 0) is 29.1 Å². The second-order valence-electron chi connectivity index (χ2n) is 8.27. The molecular formula is C26H25N5O3S. The molecule has 2 aromatic carbocycles. The SMILES string of the molecule is O=C(NC(C(=O)N1CCN(Cc2nc(-c3cccs3)no2)CC1)c1ccccc1)c1ccccc1. The third kappa shape index (κ3) is 5.47. The number of hydrogen-bond acceptors (Lipinski definition) is 7. The smallest absolute Gasteiger partial charge is 0.252 e. The molecular weight excluding hydrogens is 462 g/mol. The molecule has 2 aromatic heterocycles. The van der Waals surface area contributed by atoms with Crippen LogP contribution in [0, 0.1) is 0 Å². The highest BCUT2D eigenvalue weighted by Gasteiger charge is 2.30. The summed E-state index contributed by atoms with van der Waals surface area (Å²) in [5.41, 5.74) is 1.28. The van der Waals surface area contributed by atoms with E-state index in [2.05, 4.69) is 20.4 Å². The normalized spacial score (nSPS) is 15.0. The first-order chi connectivity index (χ1) is 17.2. The maximum Gasteiger partial charge on any atom is 0.252 e. The molecule has 1 atom stereocenters. The van der Waals surface area contributed by atoms with Gasteiger partial charge in [-0.25, -0.2) is 0 Å². The van der Waals surface area contributed by atoms with E-state index in [1.165, 1.54) is 0 Å². The Labute approximate surface area is 207 Å². The molecule has 178 valence electrons. The average Bonchev–Trinajstić information content (AvgIpc) is 3.61. The molecule has 2 amide bonds. The third-order valence-electron chi connectivity index (χ3n) is 5.94. The molecule has 1 aliphatic heterocycles. The number of carbonyl (C=O) groups is 2. The zero-order chi connectivity index (χ0) is 24.0. The van der Waals surface area contributed by atoms with Crippen LogP contribution in [0.3, 0.4) is 0 Å². The van der Waals surface area contributed by atoms with E-state index < -0.39 is 6.04 Å². The fourth-order valence-corrected chi connectivity index (χ4v) is 4.71. The van der Waals surface area contributed by atoms with Gasteiger partial charge in [-0.2, -0.15) is 4.98 Å². The van der Waals surface area contributed by atoms with E-state index in [-0.39, 0.29) is 11.8 Å². The van der Waals surface area contributed by atoms with Gasteiger partial charge >= 0.3 is 0 Å². The largest absolute Gasteiger partial charge is 0.338 e. The van der Waals surface area contributed by atoms with Crippen molar-refractivity contribution >= 4 is 23.2 Å². The van der Waals surface area contributed by atoms with Crippen molar-refractivity contribution in [3.63, 3.8) is 0 Å². The Morgan fingerprint density at radius 2 is 1.66 bits per heavy atom. The number of aromatic nitrogens is 2. The molecule has 0 bridgehead atoms. The van der Waals surface area contributed by atoms with Crippen LogP contribution in [0.25, 0.3) is 10.7 Å². The quantitative estimate of drug-likeness (QED) is 0.428. The minimum Gasteiger partial charge on any atom is -0.338 e. The van der Waals surface area contributed by atoms with Crippen molar-refractivity contribution in [2.45, 2.75) is 12.6 Å². The first-order valence-corrected chi connectivity index (χ1v) is 12.3. The lowest BCUT2D eigenvalue weighted by molar-refractivity contribution is -0.135. The van der Waals surface area contributed by atoms with E-state index >= 15 is 0 Å². The van der Waals surface area contributed by atoms with E-state index in [1.54, 1.807) is 35.6 Å². The van der Waals surface area contributed by atoms with E-state index in [0.29, 0.717) is 50.0 Å². The highest BCUT2D eigenvalue weighted by Crippen LogP contribution is 2.22. The number of nitrogens with zero attached hydrogens (tertiary/aromatic N) is 4. The highest BCUT2D eigenvalue weighted by atomic mass is 32.1. The van der Waals surface area contributed by atoms with Crippen LogP contribution in [-0.4, -0.2) is 57.9 Å². The second-order valence-corrected chi connectivity index (χ2v) is 9.22. The van der Waals surface area contributed by atoms with Crippen molar-refractivity contribution in [2.75, 3.05) is 26.2 Å². The van der Waals surface area contributed by atoms with Crippen molar-refractivity contribution in [1.29, 1.82) is 0 Å². The maximum absolute atomic E-state index is 13.5. The minimum atomic E-state index is -0.750. The Balaban J connectivity index is 1.22. The predicted octanol–water partition coefficient (Wildman–Crippen LogP) is 3.61. The van der Waals surface area contributed by atoms with Crippen LogP contribution in [0.2, 0.25) is 0 Å². The first kappa shape index (κ1) is 22.9. The summed E-state index contributed by atoms with van der Waals surface area (Å²) >= 11 is 1.57. The van der Waals surface area contributed by atoms with E-state index in [4.69, 9.17) is 4.52 Å². The van der Waals surface area contributed by atoms with E-state index in [1.807, 2.05) is 58.8 Å². The molecule has 35 heavy (non-hydrogen) atoms. The fourth-order valence-electron chi connectivity index (χ4n) is 4.06. The molecule has 0 aliphatic carbocycles. The summed E-state index contributed by atoms with van der Waals surface area (Å²) in [4.78, 5) is 35.8. The van der Waals surface area contributed by atoms with Gasteiger partial charge in [-0.1, -0.05) is 59.8 Å². The lowest BCUT2D eigenvalue weighted by Gasteiger charge is -2.36. The van der Waals surface area contributed by atoms with Crippen molar-refractivity contribution in [3.8, 4) is 10.7 Å². The number of thiophene rings is 1. The molecule has 5 rings (SSSR count). The molecule has 1 N–H and O–H groups in total. The number of carbonyl (C=O) groups excluding carboxylic acids is 2. The summed E-state index contributed by atoms with van der Waals surface area (Å²) in [5, 5.41) is 8.99. The van der Waals surface area contributed by atoms with Gasteiger partial charge in [0.15, 0.2) is 0 Å². The molecule has 4 aromatic rings. The van der Waals surface area contributed by atoms with Gasteiger partial charge in [0, 0.05) is 31.7 Å². The van der Waals surface area contributed by atoms with E-state index in [9.17, 15) is 9.59 Å². The summed E-state index contributed by atoms with van der Waals surface area (Å²) in [6.45, 7) is 2.99. The van der Waals surface area contributed by atoms with Gasteiger partial charge in [-0.15, -0.1) is 11.3 Å². The predicted molar refractivity (Wildman–Crippen MR) is 133 cm³/mol. The number of hydrogen-bond donors (Lipinski definition) is 1. The topological polar surface area (TPSA) is 91.6 Å². The Hall–Kier alpha value is -3.82. The molecule has 1 fully saturated rings. The maximum atomic E-state index is 13.5. The van der Waals surface area contributed by atoms with Crippen LogP contribution in [-0.2, 0) is 11.3 Å². The summed E-state index contributed by atoms with van der Waals surface area (Å²) in [6, 6.07) is 21.5. The third-order valence-corrected chi connectivity index (χ3v) is 6.81. The second kappa shape index (κ2) is 10.6. The van der Waals surface area contributed by atoms with Gasteiger partial charge in [0.2, 0.25) is 17.6 Å². The fraction of sp³-hybridized carbons (Fsp3) is 0.231. The monoisotopic (exact) mass is 487 g/mol. The van der Waals surface area contributed by atoms with Crippen LogP contribution in [0.1, 0.15) is 27.9 Å². The van der Waals surface area contributed by atoms with Gasteiger partial charge in [0.1, 0.15) is 6.04 Å². The van der Waals surface area contributed by atoms with Gasteiger partial charge in [0.05, 0.1) is 11.4 Å².